The molecule has 1 N–H and O–H groups in total. The molecule has 0 amide bonds. The summed E-state index contributed by atoms with van der Waals surface area (Å²) < 4.78 is 13.2. The van der Waals surface area contributed by atoms with Gasteiger partial charge in [0.05, 0.1) is 9.95 Å². The molecule has 2 rings (SSSR count). The van der Waals surface area contributed by atoms with Crippen LogP contribution in [0.25, 0.3) is 0 Å². The Labute approximate surface area is 96.6 Å². The molecule has 0 radical (unpaired) electrons. The second-order valence-electron chi connectivity index (χ2n) is 4.23. The molecular formula is C10H10ClFN2O2. The van der Waals surface area contributed by atoms with Gasteiger partial charge in [-0.1, -0.05) is 11.6 Å². The second-order valence-corrected chi connectivity index (χ2v) is 4.63. The minimum Gasteiger partial charge on any atom is -0.374 e. The van der Waals surface area contributed by atoms with Crippen molar-refractivity contribution < 1.29 is 9.31 Å². The van der Waals surface area contributed by atoms with Gasteiger partial charge < -0.3 is 5.32 Å². The normalized spacial score (nSPS) is 16.9. The van der Waals surface area contributed by atoms with E-state index in [2.05, 4.69) is 5.32 Å². The topological polar surface area (TPSA) is 55.2 Å². The highest BCUT2D eigenvalue weighted by molar-refractivity contribution is 6.31. The quantitative estimate of drug-likeness (QED) is 0.655. The van der Waals surface area contributed by atoms with E-state index < -0.39 is 10.7 Å². The Morgan fingerprint density at radius 3 is 2.69 bits per heavy atom. The van der Waals surface area contributed by atoms with E-state index in [1.165, 1.54) is 0 Å². The van der Waals surface area contributed by atoms with Crippen molar-refractivity contribution in [3.05, 3.63) is 33.1 Å². The van der Waals surface area contributed by atoms with Gasteiger partial charge in [0.25, 0.3) is 5.69 Å². The van der Waals surface area contributed by atoms with Crippen molar-refractivity contribution in [1.82, 2.24) is 0 Å². The molecule has 4 nitrogen and oxygen atoms in total. The summed E-state index contributed by atoms with van der Waals surface area (Å²) in [6.45, 7) is 1.93. The van der Waals surface area contributed by atoms with Crippen molar-refractivity contribution in [2.24, 2.45) is 0 Å². The van der Waals surface area contributed by atoms with Crippen LogP contribution in [0.5, 0.6) is 0 Å². The molecule has 0 bridgehead atoms. The molecule has 0 spiro atoms. The van der Waals surface area contributed by atoms with Gasteiger partial charge in [-0.15, -0.1) is 0 Å². The molecule has 0 saturated heterocycles. The van der Waals surface area contributed by atoms with Crippen LogP contribution in [0.15, 0.2) is 12.1 Å². The first-order chi connectivity index (χ1) is 7.41. The van der Waals surface area contributed by atoms with E-state index in [4.69, 9.17) is 11.6 Å². The number of nitro groups is 1. The molecule has 1 aromatic rings. The lowest BCUT2D eigenvalue weighted by molar-refractivity contribution is -0.384. The van der Waals surface area contributed by atoms with Gasteiger partial charge in [-0.25, -0.2) is 4.39 Å². The van der Waals surface area contributed by atoms with Gasteiger partial charge in [-0.3, -0.25) is 10.1 Å². The summed E-state index contributed by atoms with van der Waals surface area (Å²) in [4.78, 5) is 10.2. The van der Waals surface area contributed by atoms with E-state index in [0.717, 1.165) is 25.0 Å². The summed E-state index contributed by atoms with van der Waals surface area (Å²) in [6.07, 6.45) is 1.85. The van der Waals surface area contributed by atoms with Gasteiger partial charge in [0.2, 0.25) is 0 Å². The van der Waals surface area contributed by atoms with E-state index in [0.29, 0.717) is 0 Å². The minimum atomic E-state index is -0.654. The van der Waals surface area contributed by atoms with Crippen LogP contribution in [-0.4, -0.2) is 10.5 Å². The van der Waals surface area contributed by atoms with Crippen LogP contribution in [0.1, 0.15) is 19.8 Å². The predicted octanol–water partition coefficient (Wildman–Crippen LogP) is 3.35. The number of halogens is 2. The maximum atomic E-state index is 13.2. The third-order valence-corrected chi connectivity index (χ3v) is 2.96. The number of anilines is 1. The fourth-order valence-corrected chi connectivity index (χ4v) is 1.58. The van der Waals surface area contributed by atoms with Crippen molar-refractivity contribution in [3.63, 3.8) is 0 Å². The number of nitro benzene ring substituents is 1. The highest BCUT2D eigenvalue weighted by Crippen LogP contribution is 2.41. The Morgan fingerprint density at radius 2 is 2.19 bits per heavy atom. The summed E-state index contributed by atoms with van der Waals surface area (Å²) in [5.41, 5.74) is -0.156. The van der Waals surface area contributed by atoms with Crippen LogP contribution in [0.2, 0.25) is 5.02 Å². The zero-order valence-electron chi connectivity index (χ0n) is 8.59. The van der Waals surface area contributed by atoms with Crippen molar-refractivity contribution >= 4 is 23.0 Å². The Morgan fingerprint density at radius 1 is 1.56 bits per heavy atom. The van der Waals surface area contributed by atoms with E-state index in [-0.39, 0.29) is 21.9 Å². The average molecular weight is 245 g/mol. The number of nitrogens with zero attached hydrogens (tertiary/aromatic N) is 1. The van der Waals surface area contributed by atoms with Crippen molar-refractivity contribution in [3.8, 4) is 0 Å². The lowest BCUT2D eigenvalue weighted by Crippen LogP contribution is -2.17. The largest absolute Gasteiger partial charge is 0.374 e. The standard InChI is InChI=1S/C10H10ClFN2O2/c1-10(2-3-10)13-8-5-7(12)6(11)4-9(8)14(15)16/h4-5,13H,2-3H2,1H3. The van der Waals surface area contributed by atoms with Crippen LogP contribution in [0.4, 0.5) is 15.8 Å². The number of hydrogen-bond acceptors (Lipinski definition) is 3. The molecule has 6 heteroatoms. The van der Waals surface area contributed by atoms with E-state index >= 15 is 0 Å². The molecule has 0 aromatic heterocycles. The monoisotopic (exact) mass is 244 g/mol. The number of benzene rings is 1. The molecular weight excluding hydrogens is 235 g/mol. The molecule has 1 fully saturated rings. The van der Waals surface area contributed by atoms with Gasteiger partial charge in [0, 0.05) is 17.7 Å². The number of nitrogens with one attached hydrogen (secondary N) is 1. The molecule has 1 aliphatic carbocycles. The molecule has 0 atom stereocenters. The average Bonchev–Trinajstić information content (AvgIpc) is 2.89. The van der Waals surface area contributed by atoms with Gasteiger partial charge in [0.15, 0.2) is 0 Å². The predicted molar refractivity (Wildman–Crippen MR) is 59.3 cm³/mol. The van der Waals surface area contributed by atoms with E-state index in [9.17, 15) is 14.5 Å². The first-order valence-corrected chi connectivity index (χ1v) is 5.21. The molecule has 1 aromatic carbocycles. The Hall–Kier alpha value is -1.36. The van der Waals surface area contributed by atoms with Crippen LogP contribution in [0, 0.1) is 15.9 Å². The molecule has 0 aliphatic heterocycles. The van der Waals surface area contributed by atoms with Crippen LogP contribution < -0.4 is 5.32 Å². The highest BCUT2D eigenvalue weighted by atomic mass is 35.5. The summed E-state index contributed by atoms with van der Waals surface area (Å²) in [7, 11) is 0. The Bertz CT molecular complexity index is 460. The van der Waals surface area contributed by atoms with Crippen molar-refractivity contribution in [1.29, 1.82) is 0 Å². The smallest absolute Gasteiger partial charge is 0.294 e. The second kappa shape index (κ2) is 3.59. The summed E-state index contributed by atoms with van der Waals surface area (Å²) in [6, 6.07) is 2.11. The molecule has 1 saturated carbocycles. The number of rotatable bonds is 3. The van der Waals surface area contributed by atoms with Gasteiger partial charge >= 0.3 is 0 Å². The van der Waals surface area contributed by atoms with Crippen molar-refractivity contribution in [2.75, 3.05) is 5.32 Å². The fraction of sp³-hybridized carbons (Fsp3) is 0.400. The lowest BCUT2D eigenvalue weighted by Gasteiger charge is -2.13. The summed E-state index contributed by atoms with van der Waals surface area (Å²) in [5, 5.41) is 13.5. The van der Waals surface area contributed by atoms with E-state index in [1.807, 2.05) is 6.92 Å². The highest BCUT2D eigenvalue weighted by Gasteiger charge is 2.38. The van der Waals surface area contributed by atoms with Crippen molar-refractivity contribution in [2.45, 2.75) is 25.3 Å². The zero-order chi connectivity index (χ0) is 11.9. The molecule has 0 heterocycles. The summed E-state index contributed by atoms with van der Waals surface area (Å²) in [5.74, 6) is -0.654. The van der Waals surface area contributed by atoms with Crippen LogP contribution in [-0.2, 0) is 0 Å². The molecule has 0 unspecified atom stereocenters. The molecule has 16 heavy (non-hydrogen) atoms. The SMILES string of the molecule is CC1(Nc2cc(F)c(Cl)cc2[N+](=O)[O-])CC1. The fourth-order valence-electron chi connectivity index (χ4n) is 1.43. The Balaban J connectivity index is 2.41. The van der Waals surface area contributed by atoms with E-state index in [1.54, 1.807) is 0 Å². The van der Waals surface area contributed by atoms with Crippen LogP contribution >= 0.6 is 11.6 Å². The minimum absolute atomic E-state index is 0.148. The first-order valence-electron chi connectivity index (χ1n) is 4.83. The lowest BCUT2D eigenvalue weighted by atomic mass is 10.2. The third-order valence-electron chi connectivity index (χ3n) is 2.67. The third kappa shape index (κ3) is 2.09. The van der Waals surface area contributed by atoms with Crippen LogP contribution in [0.3, 0.4) is 0 Å². The maximum Gasteiger partial charge on any atom is 0.294 e. The first kappa shape index (κ1) is 11.1. The zero-order valence-corrected chi connectivity index (χ0v) is 9.34. The molecule has 86 valence electrons. The van der Waals surface area contributed by atoms with Gasteiger partial charge in [-0.05, 0) is 19.8 Å². The number of hydrogen-bond donors (Lipinski definition) is 1. The Kier molecular flexibility index (Phi) is 2.50. The maximum absolute atomic E-state index is 13.2. The molecule has 1 aliphatic rings. The van der Waals surface area contributed by atoms with Gasteiger partial charge in [0.1, 0.15) is 11.5 Å². The summed E-state index contributed by atoms with van der Waals surface area (Å²) >= 11 is 5.51. The van der Waals surface area contributed by atoms with Gasteiger partial charge in [-0.2, -0.15) is 0 Å².